The molecular weight excluding hydrogens is 875 g/mol. The first-order valence-corrected chi connectivity index (χ1v) is 32.1. The molecule has 0 saturated carbocycles. The third-order valence-corrected chi connectivity index (χ3v) is 15.0. The average Bonchev–Trinajstić information content (AvgIpc) is 3.37. The molecule has 0 rings (SSSR count). The van der Waals surface area contributed by atoms with E-state index < -0.39 is 12.1 Å². The normalized spacial score (nSPS) is 12.7. The second-order valence-electron chi connectivity index (χ2n) is 22.1. The van der Waals surface area contributed by atoms with Crippen molar-refractivity contribution in [3.05, 3.63) is 24.3 Å². The molecular formula is C65H125NO5. The number of esters is 1. The summed E-state index contributed by atoms with van der Waals surface area (Å²) >= 11 is 0. The molecule has 2 unspecified atom stereocenters. The molecule has 0 saturated heterocycles. The number of carbonyl (C=O) groups excluding carboxylic acids is 2. The van der Waals surface area contributed by atoms with Gasteiger partial charge in [-0.15, -0.1) is 0 Å². The number of aliphatic hydroxyl groups is 2. The van der Waals surface area contributed by atoms with Crippen LogP contribution in [0.2, 0.25) is 0 Å². The average molecular weight is 1000 g/mol. The maximum atomic E-state index is 12.5. The Kier molecular flexibility index (Phi) is 59.5. The van der Waals surface area contributed by atoms with Crippen LogP contribution in [0.3, 0.4) is 0 Å². The molecule has 3 N–H and O–H groups in total. The molecule has 0 aromatic rings. The molecule has 0 aliphatic carbocycles. The van der Waals surface area contributed by atoms with Crippen LogP contribution in [0.1, 0.15) is 354 Å². The maximum absolute atomic E-state index is 12.5. The van der Waals surface area contributed by atoms with Gasteiger partial charge in [0.25, 0.3) is 0 Å². The Morgan fingerprint density at radius 1 is 0.394 bits per heavy atom. The van der Waals surface area contributed by atoms with Gasteiger partial charge in [0.15, 0.2) is 0 Å². The molecule has 420 valence electrons. The van der Waals surface area contributed by atoms with Crippen LogP contribution in [0.25, 0.3) is 0 Å². The molecule has 0 bridgehead atoms. The lowest BCUT2D eigenvalue weighted by atomic mass is 10.0. The molecule has 1 amide bonds. The number of amides is 1. The van der Waals surface area contributed by atoms with Gasteiger partial charge in [0.1, 0.15) is 0 Å². The van der Waals surface area contributed by atoms with Crippen molar-refractivity contribution in [1.82, 2.24) is 5.32 Å². The summed E-state index contributed by atoms with van der Waals surface area (Å²) in [5, 5.41) is 23.2. The number of ether oxygens (including phenoxy) is 1. The van der Waals surface area contributed by atoms with E-state index >= 15 is 0 Å². The van der Waals surface area contributed by atoms with Gasteiger partial charge >= 0.3 is 5.97 Å². The van der Waals surface area contributed by atoms with Crippen LogP contribution >= 0.6 is 0 Å². The maximum Gasteiger partial charge on any atom is 0.305 e. The fraction of sp³-hybridized carbons (Fsp3) is 0.908. The predicted molar refractivity (Wildman–Crippen MR) is 310 cm³/mol. The third-order valence-electron chi connectivity index (χ3n) is 15.0. The lowest BCUT2D eigenvalue weighted by Gasteiger charge is -2.22. The largest absolute Gasteiger partial charge is 0.466 e. The van der Waals surface area contributed by atoms with E-state index in [-0.39, 0.29) is 18.5 Å². The van der Waals surface area contributed by atoms with Crippen molar-refractivity contribution in [3.8, 4) is 0 Å². The number of carbonyl (C=O) groups is 2. The Bertz CT molecular complexity index is 1110. The van der Waals surface area contributed by atoms with E-state index in [0.717, 1.165) is 51.4 Å². The second-order valence-corrected chi connectivity index (χ2v) is 22.1. The van der Waals surface area contributed by atoms with Gasteiger partial charge in [-0.3, -0.25) is 9.59 Å². The molecule has 6 heteroatoms. The van der Waals surface area contributed by atoms with Crippen LogP contribution in [0.15, 0.2) is 24.3 Å². The number of aliphatic hydroxyl groups excluding tert-OH is 2. The predicted octanol–water partition coefficient (Wildman–Crippen LogP) is 20.2. The highest BCUT2D eigenvalue weighted by Gasteiger charge is 2.20. The van der Waals surface area contributed by atoms with Crippen LogP contribution in [-0.4, -0.2) is 47.4 Å². The highest BCUT2D eigenvalue weighted by molar-refractivity contribution is 5.76. The number of rotatable bonds is 60. The molecule has 0 aromatic heterocycles. The van der Waals surface area contributed by atoms with Gasteiger partial charge in [0.2, 0.25) is 5.91 Å². The summed E-state index contributed by atoms with van der Waals surface area (Å²) in [7, 11) is 0. The first-order chi connectivity index (χ1) is 35.0. The third kappa shape index (κ3) is 57.5. The van der Waals surface area contributed by atoms with Gasteiger partial charge in [-0.2, -0.15) is 0 Å². The molecule has 0 spiro atoms. The van der Waals surface area contributed by atoms with E-state index in [9.17, 15) is 19.8 Å². The van der Waals surface area contributed by atoms with Crippen LogP contribution in [-0.2, 0) is 14.3 Å². The van der Waals surface area contributed by atoms with Gasteiger partial charge in [0, 0.05) is 12.8 Å². The van der Waals surface area contributed by atoms with Crippen molar-refractivity contribution >= 4 is 11.9 Å². The van der Waals surface area contributed by atoms with E-state index in [1.54, 1.807) is 0 Å². The van der Waals surface area contributed by atoms with Crippen molar-refractivity contribution in [3.63, 3.8) is 0 Å². The van der Waals surface area contributed by atoms with E-state index in [4.69, 9.17) is 4.74 Å². The lowest BCUT2D eigenvalue weighted by Crippen LogP contribution is -2.45. The van der Waals surface area contributed by atoms with E-state index in [1.807, 2.05) is 0 Å². The van der Waals surface area contributed by atoms with Gasteiger partial charge in [0.05, 0.1) is 25.4 Å². The zero-order valence-electron chi connectivity index (χ0n) is 48.0. The Morgan fingerprint density at radius 3 is 1.08 bits per heavy atom. The van der Waals surface area contributed by atoms with Crippen LogP contribution in [0, 0.1) is 0 Å². The highest BCUT2D eigenvalue weighted by atomic mass is 16.5. The molecule has 71 heavy (non-hydrogen) atoms. The fourth-order valence-corrected chi connectivity index (χ4v) is 10.1. The van der Waals surface area contributed by atoms with Gasteiger partial charge in [-0.25, -0.2) is 0 Å². The first-order valence-electron chi connectivity index (χ1n) is 32.1. The minimum absolute atomic E-state index is 0.00853. The van der Waals surface area contributed by atoms with Crippen molar-refractivity contribution < 1.29 is 24.5 Å². The molecule has 0 radical (unpaired) electrons. The topological polar surface area (TPSA) is 95.9 Å². The number of allylic oxidation sites excluding steroid dienone is 4. The Hall–Kier alpha value is -1.66. The van der Waals surface area contributed by atoms with Crippen LogP contribution < -0.4 is 5.32 Å². The molecule has 0 heterocycles. The quantitative estimate of drug-likeness (QED) is 0.0320. The molecule has 2 atom stereocenters. The Morgan fingerprint density at radius 2 is 0.704 bits per heavy atom. The molecule has 0 aliphatic heterocycles. The van der Waals surface area contributed by atoms with Gasteiger partial charge < -0.3 is 20.3 Å². The summed E-state index contributed by atoms with van der Waals surface area (Å²) in [6.45, 7) is 4.95. The zero-order valence-corrected chi connectivity index (χ0v) is 48.0. The van der Waals surface area contributed by atoms with Gasteiger partial charge in [-0.05, 0) is 57.8 Å². The standard InChI is InChI=1S/C65H125NO5/c1-3-5-7-9-11-13-15-17-18-19-29-32-35-39-43-47-51-55-59-65(70)71-60-56-52-48-44-40-36-33-30-27-25-23-21-20-22-24-26-28-31-34-38-42-46-50-54-58-64(69)66-62(61-67)63(68)57-53-49-45-41-37-16-14-12-10-8-6-4-2/h13,15,18-19,62-63,67-68H,3-12,14,16-17,20-61H2,1-2H3,(H,66,69)/b15-13-,19-18-. The van der Waals surface area contributed by atoms with E-state index in [0.29, 0.717) is 25.9 Å². The monoisotopic (exact) mass is 1000 g/mol. The number of unbranched alkanes of at least 4 members (excludes halogenated alkanes) is 45. The van der Waals surface area contributed by atoms with E-state index in [2.05, 4.69) is 43.5 Å². The zero-order chi connectivity index (χ0) is 51.4. The molecule has 0 fully saturated rings. The van der Waals surface area contributed by atoms with Crippen molar-refractivity contribution in [2.24, 2.45) is 0 Å². The van der Waals surface area contributed by atoms with Crippen molar-refractivity contribution in [2.45, 2.75) is 366 Å². The number of hydrogen-bond donors (Lipinski definition) is 3. The minimum atomic E-state index is -0.662. The summed E-state index contributed by atoms with van der Waals surface area (Å²) in [4.78, 5) is 24.6. The minimum Gasteiger partial charge on any atom is -0.466 e. The van der Waals surface area contributed by atoms with Crippen LogP contribution in [0.5, 0.6) is 0 Å². The lowest BCUT2D eigenvalue weighted by molar-refractivity contribution is -0.143. The van der Waals surface area contributed by atoms with Crippen molar-refractivity contribution in [1.29, 1.82) is 0 Å². The van der Waals surface area contributed by atoms with Gasteiger partial charge in [-0.1, -0.05) is 308 Å². The summed E-state index contributed by atoms with van der Waals surface area (Å²) < 4.78 is 5.50. The van der Waals surface area contributed by atoms with E-state index in [1.165, 1.54) is 270 Å². The first kappa shape index (κ1) is 69.3. The smallest absolute Gasteiger partial charge is 0.305 e. The Labute approximate surface area is 443 Å². The summed E-state index contributed by atoms with van der Waals surface area (Å²) in [6, 6.07) is -0.539. The second kappa shape index (κ2) is 60.9. The number of nitrogens with one attached hydrogen (secondary N) is 1. The highest BCUT2D eigenvalue weighted by Crippen LogP contribution is 2.18. The fourth-order valence-electron chi connectivity index (χ4n) is 10.1. The molecule has 0 aliphatic rings. The molecule has 0 aromatic carbocycles. The summed E-state index contributed by atoms with van der Waals surface area (Å²) in [5.74, 6) is -0.0245. The van der Waals surface area contributed by atoms with Crippen molar-refractivity contribution in [2.75, 3.05) is 13.2 Å². The summed E-state index contributed by atoms with van der Waals surface area (Å²) in [5.41, 5.74) is 0. The summed E-state index contributed by atoms with van der Waals surface area (Å²) in [6.07, 6.45) is 74.8. The molecule has 6 nitrogen and oxygen atoms in total. The number of hydrogen-bond acceptors (Lipinski definition) is 5. The Balaban J connectivity index is 3.34. The SMILES string of the molecule is CCCCCC/C=C\C/C=C\CCCCCCCCCC(=O)OCCCCCCCCCCCCCCCCCCCCCCCCCCC(=O)NC(CO)C(O)CCCCCCCCCCCCCC. The van der Waals surface area contributed by atoms with Crippen LogP contribution in [0.4, 0.5) is 0 Å².